The van der Waals surface area contributed by atoms with E-state index in [4.69, 9.17) is 4.11 Å². The maximum absolute atomic E-state index is 13.0. The van der Waals surface area contributed by atoms with E-state index in [1.54, 1.807) is 28.8 Å². The number of nitrogens with zero attached hydrogens (tertiary/aromatic N) is 5. The highest BCUT2D eigenvalue weighted by atomic mass is 32.1. The molecule has 248 valence electrons. The van der Waals surface area contributed by atoms with E-state index >= 15 is 0 Å². The van der Waals surface area contributed by atoms with Crippen LogP contribution in [-0.4, -0.2) is 55.8 Å². The molecule has 13 heteroatoms. The van der Waals surface area contributed by atoms with Gasteiger partial charge in [-0.1, -0.05) is 24.7 Å². The lowest BCUT2D eigenvalue weighted by Crippen LogP contribution is -2.39. The molecule has 5 aromatic rings. The highest BCUT2D eigenvalue weighted by Crippen LogP contribution is 2.34. The predicted molar refractivity (Wildman–Crippen MR) is 181 cm³/mol. The van der Waals surface area contributed by atoms with Crippen molar-refractivity contribution in [1.82, 2.24) is 19.4 Å². The average molecular weight is 677 g/mol. The Labute approximate surface area is 283 Å². The maximum atomic E-state index is 13.0. The lowest BCUT2D eigenvalue weighted by atomic mass is 10.0. The van der Waals surface area contributed by atoms with Gasteiger partial charge >= 0.3 is 6.18 Å². The maximum Gasteiger partial charge on any atom is 0.393 e. The van der Waals surface area contributed by atoms with Gasteiger partial charge in [-0.2, -0.15) is 18.4 Å². The zero-order chi connectivity index (χ0) is 36.4. The van der Waals surface area contributed by atoms with Gasteiger partial charge in [-0.25, -0.2) is 9.97 Å². The van der Waals surface area contributed by atoms with Gasteiger partial charge < -0.3 is 20.3 Å². The summed E-state index contributed by atoms with van der Waals surface area (Å²) >= 11 is 1.04. The molecule has 0 bridgehead atoms. The SMILES string of the molecule is [2H]C([2H])=C([2H])C(=O)Nc1ccc(C(O)Cn2c(C#N)cc3c(C)c(CN4CCC(Nc5ncnc6sc(CC(F)(F)F)cc56)CC4)ccc32)cc1. The molecule has 3 N–H and O–H groups in total. The average Bonchev–Trinajstić information content (AvgIpc) is 3.67. The number of fused-ring (bicyclic) bond motifs is 2. The van der Waals surface area contributed by atoms with Crippen molar-refractivity contribution in [1.29, 1.82) is 5.26 Å². The van der Waals surface area contributed by atoms with E-state index in [0.717, 1.165) is 59.3 Å². The van der Waals surface area contributed by atoms with Crippen molar-refractivity contribution in [2.24, 2.45) is 0 Å². The number of rotatable bonds is 10. The lowest BCUT2D eigenvalue weighted by Gasteiger charge is -2.33. The number of carbonyl (C=O) groups is 1. The number of thiophene rings is 1. The number of hydrogen-bond acceptors (Lipinski definition) is 8. The van der Waals surface area contributed by atoms with Crippen molar-refractivity contribution in [3.63, 3.8) is 0 Å². The summed E-state index contributed by atoms with van der Waals surface area (Å²) in [4.78, 5) is 23.6. The number of amides is 1. The molecule has 2 aromatic carbocycles. The third-order valence-corrected chi connectivity index (χ3v) is 9.72. The zero-order valence-corrected chi connectivity index (χ0v) is 26.8. The van der Waals surface area contributed by atoms with Gasteiger partial charge in [-0.15, -0.1) is 11.3 Å². The standard InChI is InChI=1S/C35H34F3N7O2S/c1-3-32(47)42-24-7-4-22(5-8-24)31(46)19-45-26(17-39)14-28-21(2)23(6-9-30(28)45)18-44-12-10-25(11-13-44)43-33-29-15-27(16-35(36,37)38)48-34(29)41-20-40-33/h3-9,14-15,20,25,31,46H,1,10-13,16,18-19H2,2H3,(H,42,47)(H,40,41,43)/i1D2,3D. The molecule has 0 saturated carbocycles. The van der Waals surface area contributed by atoms with Crippen molar-refractivity contribution in [2.45, 2.75) is 57.6 Å². The molecule has 4 heterocycles. The number of likely N-dealkylation sites (tertiary alicyclic amines) is 1. The van der Waals surface area contributed by atoms with Crippen LogP contribution in [0.1, 0.15) is 50.3 Å². The van der Waals surface area contributed by atoms with E-state index in [9.17, 15) is 28.3 Å². The van der Waals surface area contributed by atoms with Crippen LogP contribution in [-0.2, 0) is 24.3 Å². The number of nitriles is 1. The second-order valence-electron chi connectivity index (χ2n) is 11.9. The zero-order valence-electron chi connectivity index (χ0n) is 28.9. The van der Waals surface area contributed by atoms with Crippen LogP contribution in [0, 0.1) is 18.3 Å². The quantitative estimate of drug-likeness (QED) is 0.138. The molecule has 6 rings (SSSR count). The van der Waals surface area contributed by atoms with Crippen molar-refractivity contribution >= 4 is 49.9 Å². The third kappa shape index (κ3) is 7.36. The van der Waals surface area contributed by atoms with Gasteiger partial charge in [0.25, 0.3) is 0 Å². The lowest BCUT2D eigenvalue weighted by molar-refractivity contribution is -0.126. The normalized spacial score (nSPS) is 15.8. The van der Waals surface area contributed by atoms with E-state index in [2.05, 4.69) is 31.6 Å². The summed E-state index contributed by atoms with van der Waals surface area (Å²) in [7, 11) is 0. The number of aromatic nitrogens is 3. The fraction of sp³-hybridized carbons (Fsp3) is 0.314. The Morgan fingerprint density at radius 3 is 2.71 bits per heavy atom. The van der Waals surface area contributed by atoms with Gasteiger partial charge in [0, 0.05) is 47.1 Å². The fourth-order valence-electron chi connectivity index (χ4n) is 6.19. The Bertz CT molecular complexity index is 2150. The summed E-state index contributed by atoms with van der Waals surface area (Å²) in [6.07, 6.45) is -3.21. The second kappa shape index (κ2) is 13.8. The van der Waals surface area contributed by atoms with Crippen molar-refractivity contribution < 1.29 is 27.2 Å². The van der Waals surface area contributed by atoms with E-state index in [1.807, 2.05) is 25.1 Å². The molecular formula is C35H34F3N7O2S. The number of benzene rings is 2. The van der Waals surface area contributed by atoms with Gasteiger partial charge in [0.1, 0.15) is 28.7 Å². The number of aryl methyl sites for hydroxylation is 1. The molecule has 48 heavy (non-hydrogen) atoms. The molecule has 1 amide bonds. The van der Waals surface area contributed by atoms with Crippen LogP contribution in [0.25, 0.3) is 21.1 Å². The molecule has 1 fully saturated rings. The molecule has 0 spiro atoms. The minimum Gasteiger partial charge on any atom is -0.387 e. The summed E-state index contributed by atoms with van der Waals surface area (Å²) in [5, 5.41) is 28.5. The topological polar surface area (TPSA) is 119 Å². The van der Waals surface area contributed by atoms with Gasteiger partial charge in [-0.3, -0.25) is 9.69 Å². The van der Waals surface area contributed by atoms with E-state index in [1.165, 1.54) is 12.4 Å². The number of aliphatic hydroxyl groups is 1. The number of piperidine rings is 1. The van der Waals surface area contributed by atoms with Gasteiger partial charge in [0.15, 0.2) is 0 Å². The van der Waals surface area contributed by atoms with E-state index < -0.39 is 37.2 Å². The molecule has 0 aliphatic carbocycles. The first-order valence-corrected chi connectivity index (χ1v) is 16.2. The third-order valence-electron chi connectivity index (χ3n) is 8.68. The smallest absolute Gasteiger partial charge is 0.387 e. The first-order valence-electron chi connectivity index (χ1n) is 16.8. The second-order valence-corrected chi connectivity index (χ2v) is 13.0. The summed E-state index contributed by atoms with van der Waals surface area (Å²) in [5.74, 6) is -0.319. The molecule has 9 nitrogen and oxygen atoms in total. The number of aliphatic hydroxyl groups excluding tert-OH is 1. The number of anilines is 2. The Hall–Kier alpha value is -4.77. The monoisotopic (exact) mass is 676 g/mol. The predicted octanol–water partition coefficient (Wildman–Crippen LogP) is 6.87. The van der Waals surface area contributed by atoms with E-state index in [0.29, 0.717) is 39.5 Å². The van der Waals surface area contributed by atoms with Crippen molar-refractivity contribution in [3.05, 3.63) is 94.7 Å². The highest BCUT2D eigenvalue weighted by Gasteiger charge is 2.29. The molecule has 1 aliphatic heterocycles. The first-order chi connectivity index (χ1) is 24.3. The van der Waals surface area contributed by atoms with Crippen LogP contribution >= 0.6 is 11.3 Å². The van der Waals surface area contributed by atoms with Crippen LogP contribution in [0.2, 0.25) is 0 Å². The molecule has 1 unspecified atom stereocenters. The van der Waals surface area contributed by atoms with Crippen LogP contribution in [0.5, 0.6) is 0 Å². The van der Waals surface area contributed by atoms with Crippen LogP contribution in [0.4, 0.5) is 24.7 Å². The number of carbonyl (C=O) groups excluding carboxylic acids is 1. The molecule has 0 radical (unpaired) electrons. The number of halogens is 3. The van der Waals surface area contributed by atoms with Crippen molar-refractivity contribution in [2.75, 3.05) is 23.7 Å². The first kappa shape index (κ1) is 29.4. The molecule has 1 atom stereocenters. The van der Waals surface area contributed by atoms with Gasteiger partial charge in [-0.05, 0) is 72.8 Å². The minimum atomic E-state index is -4.29. The Kier molecular flexibility index (Phi) is 8.42. The van der Waals surface area contributed by atoms with Crippen LogP contribution < -0.4 is 10.6 Å². The Morgan fingerprint density at radius 2 is 2.00 bits per heavy atom. The molecule has 1 saturated heterocycles. The molecule has 3 aromatic heterocycles. The Morgan fingerprint density at radius 1 is 1.23 bits per heavy atom. The molecular weight excluding hydrogens is 639 g/mol. The summed E-state index contributed by atoms with van der Waals surface area (Å²) < 4.78 is 62.4. The number of nitrogens with one attached hydrogen (secondary N) is 2. The summed E-state index contributed by atoms with van der Waals surface area (Å²) in [6, 6.07) is 15.3. The fourth-order valence-corrected chi connectivity index (χ4v) is 7.21. The van der Waals surface area contributed by atoms with Crippen LogP contribution in [0.15, 0.2) is 67.4 Å². The number of hydrogen-bond donors (Lipinski definition) is 3. The van der Waals surface area contributed by atoms with E-state index in [-0.39, 0.29) is 17.5 Å². The number of alkyl halides is 3. The highest BCUT2D eigenvalue weighted by molar-refractivity contribution is 7.18. The largest absolute Gasteiger partial charge is 0.393 e. The minimum absolute atomic E-state index is 0.112. The Balaban J connectivity index is 1.09. The van der Waals surface area contributed by atoms with Crippen LogP contribution in [0.3, 0.4) is 0 Å². The van der Waals surface area contributed by atoms with Gasteiger partial charge in [0.05, 0.1) is 28.6 Å². The molecule has 1 aliphatic rings. The van der Waals surface area contributed by atoms with Crippen molar-refractivity contribution in [3.8, 4) is 6.07 Å². The summed E-state index contributed by atoms with van der Waals surface area (Å²) in [5.41, 5.74) is 4.29. The van der Waals surface area contributed by atoms with Gasteiger partial charge in [0.2, 0.25) is 5.91 Å². The summed E-state index contributed by atoms with van der Waals surface area (Å²) in [6.45, 7) is 3.57.